The average molecular weight is 448 g/mol. The molecule has 3 atom stereocenters. The van der Waals surface area contributed by atoms with E-state index in [1.165, 1.54) is 12.3 Å². The molecule has 2 aromatic carbocycles. The van der Waals surface area contributed by atoms with Gasteiger partial charge in [-0.05, 0) is 35.7 Å². The second kappa shape index (κ2) is 10.2. The Labute approximate surface area is 192 Å². The monoisotopic (exact) mass is 447 g/mol. The Balaban J connectivity index is 2.14. The lowest BCUT2D eigenvalue weighted by molar-refractivity contribution is -0.119. The summed E-state index contributed by atoms with van der Waals surface area (Å²) in [4.78, 5) is 32.8. The van der Waals surface area contributed by atoms with Crippen molar-refractivity contribution in [1.82, 2.24) is 4.90 Å². The maximum absolute atomic E-state index is 14.0. The van der Waals surface area contributed by atoms with Crippen LogP contribution >= 0.6 is 0 Å². The summed E-state index contributed by atoms with van der Waals surface area (Å²) < 4.78 is 14.0. The molecule has 1 aliphatic rings. The van der Waals surface area contributed by atoms with E-state index in [0.717, 1.165) is 12.1 Å². The van der Waals surface area contributed by atoms with Gasteiger partial charge in [0.05, 0.1) is 29.5 Å². The van der Waals surface area contributed by atoms with Crippen LogP contribution in [0.15, 0.2) is 47.5 Å². The maximum Gasteiger partial charge on any atom is 0.254 e. The van der Waals surface area contributed by atoms with E-state index in [1.54, 1.807) is 42.4 Å². The fourth-order valence-corrected chi connectivity index (χ4v) is 4.29. The highest BCUT2D eigenvalue weighted by atomic mass is 19.1. The highest BCUT2D eigenvalue weighted by Crippen LogP contribution is 2.37. The zero-order chi connectivity index (χ0) is 24.1. The smallest absolute Gasteiger partial charge is 0.254 e. The van der Waals surface area contributed by atoms with Crippen LogP contribution in [0.1, 0.15) is 41.3 Å². The molecule has 2 aromatic rings. The molecule has 1 aliphatic heterocycles. The van der Waals surface area contributed by atoms with Crippen molar-refractivity contribution >= 4 is 29.9 Å². The first-order valence-electron chi connectivity index (χ1n) is 10.6. The van der Waals surface area contributed by atoms with E-state index < -0.39 is 29.6 Å². The van der Waals surface area contributed by atoms with E-state index in [9.17, 15) is 14.0 Å². The van der Waals surface area contributed by atoms with E-state index in [4.69, 9.17) is 10.7 Å². The molecule has 170 valence electrons. The molecule has 0 saturated carbocycles. The average Bonchev–Trinajstić information content (AvgIpc) is 2.78. The molecule has 1 heterocycles. The number of rotatable bonds is 7. The topological polar surface area (TPSA) is 109 Å². The Bertz CT molecular complexity index is 1140. The van der Waals surface area contributed by atoms with Crippen LogP contribution in [0.5, 0.6) is 0 Å². The van der Waals surface area contributed by atoms with Gasteiger partial charge in [0, 0.05) is 37.3 Å². The van der Waals surface area contributed by atoms with Crippen molar-refractivity contribution in [3.63, 3.8) is 0 Å². The fraction of sp³-hybridized carbons (Fsp3) is 0.320. The van der Waals surface area contributed by atoms with Gasteiger partial charge in [-0.1, -0.05) is 32.0 Å². The zero-order valence-corrected chi connectivity index (χ0v) is 18.7. The molecule has 8 heteroatoms. The summed E-state index contributed by atoms with van der Waals surface area (Å²) >= 11 is 0. The van der Waals surface area contributed by atoms with Gasteiger partial charge in [-0.15, -0.1) is 0 Å². The number of hydrogen-bond donors (Lipinski definition) is 2. The molecule has 33 heavy (non-hydrogen) atoms. The highest BCUT2D eigenvalue weighted by molar-refractivity contribution is 6.05. The van der Waals surface area contributed by atoms with E-state index in [-0.39, 0.29) is 23.1 Å². The quantitative estimate of drug-likeness (QED) is 0.629. The molecule has 7 nitrogen and oxygen atoms in total. The predicted octanol–water partition coefficient (Wildman–Crippen LogP) is 3.87. The lowest BCUT2D eigenvalue weighted by atomic mass is 9.76. The van der Waals surface area contributed by atoms with Crippen molar-refractivity contribution in [3.05, 3.63) is 65.0 Å². The molecule has 2 N–H and O–H groups in total. The summed E-state index contributed by atoms with van der Waals surface area (Å²) in [7, 11) is 1.58. The molecule has 3 rings (SSSR count). The van der Waals surface area contributed by atoms with Crippen molar-refractivity contribution in [2.75, 3.05) is 18.9 Å². The van der Waals surface area contributed by atoms with Gasteiger partial charge in [0.25, 0.3) is 5.91 Å². The first-order valence-corrected chi connectivity index (χ1v) is 10.6. The molecular formula is C25H26FN5O2. The van der Waals surface area contributed by atoms with Crippen LogP contribution in [0.2, 0.25) is 0 Å². The number of nitrogens with one attached hydrogen (secondary N) is 2. The summed E-state index contributed by atoms with van der Waals surface area (Å²) in [5.41, 5.74) is 1.19. The lowest BCUT2D eigenvalue weighted by Gasteiger charge is -2.44. The number of nitriles is 1. The number of nitrogens with zero attached hydrogens (tertiary/aromatic N) is 3. The van der Waals surface area contributed by atoms with Gasteiger partial charge >= 0.3 is 0 Å². The van der Waals surface area contributed by atoms with Gasteiger partial charge in [0.2, 0.25) is 5.91 Å². The molecule has 0 aromatic heterocycles. The Morgan fingerprint density at radius 2 is 2.06 bits per heavy atom. The van der Waals surface area contributed by atoms with E-state index in [0.29, 0.717) is 17.7 Å². The van der Waals surface area contributed by atoms with Crippen molar-refractivity contribution in [2.45, 2.75) is 25.8 Å². The van der Waals surface area contributed by atoms with Gasteiger partial charge in [0.1, 0.15) is 5.82 Å². The summed E-state index contributed by atoms with van der Waals surface area (Å²) in [5, 5.41) is 19.8. The number of benzene rings is 2. The fourth-order valence-electron chi connectivity index (χ4n) is 4.29. The molecule has 0 spiro atoms. The summed E-state index contributed by atoms with van der Waals surface area (Å²) in [6, 6.07) is 11.7. The van der Waals surface area contributed by atoms with Gasteiger partial charge in [0.15, 0.2) is 0 Å². The molecule has 1 unspecified atom stereocenters. The zero-order valence-electron chi connectivity index (χ0n) is 18.7. The molecule has 2 amide bonds. The Morgan fingerprint density at radius 3 is 2.70 bits per heavy atom. The SMILES string of the molecule is CN=CC(C=N)[C@@H]1[C@@H](C(=O)Nc2cc(F)cc(C#N)c2)c2ccccc2C(=O)N1CC(C)C. The number of hydrogen-bond acceptors (Lipinski definition) is 5. The van der Waals surface area contributed by atoms with Crippen molar-refractivity contribution < 1.29 is 14.0 Å². The van der Waals surface area contributed by atoms with E-state index in [1.807, 2.05) is 19.9 Å². The Kier molecular flexibility index (Phi) is 7.34. The van der Waals surface area contributed by atoms with Crippen molar-refractivity contribution in [3.8, 4) is 6.07 Å². The second-order valence-electron chi connectivity index (χ2n) is 8.39. The molecule has 0 radical (unpaired) electrons. The van der Waals surface area contributed by atoms with Crippen LogP contribution in [0.3, 0.4) is 0 Å². The summed E-state index contributed by atoms with van der Waals surface area (Å²) in [6.45, 7) is 4.34. The third kappa shape index (κ3) is 4.98. The highest BCUT2D eigenvalue weighted by Gasteiger charge is 2.46. The van der Waals surface area contributed by atoms with Crippen LogP contribution in [-0.2, 0) is 4.79 Å². The van der Waals surface area contributed by atoms with Crippen molar-refractivity contribution in [2.24, 2.45) is 16.8 Å². The maximum atomic E-state index is 14.0. The molecular weight excluding hydrogens is 421 g/mol. The largest absolute Gasteiger partial charge is 0.333 e. The van der Waals surface area contributed by atoms with Crippen LogP contribution in [0, 0.1) is 34.4 Å². The third-order valence-corrected chi connectivity index (χ3v) is 5.54. The lowest BCUT2D eigenvalue weighted by Crippen LogP contribution is -2.56. The molecule has 0 fully saturated rings. The number of fused-ring (bicyclic) bond motifs is 1. The van der Waals surface area contributed by atoms with Gasteiger partial charge in [-0.25, -0.2) is 4.39 Å². The van der Waals surface area contributed by atoms with Gasteiger partial charge < -0.3 is 20.6 Å². The third-order valence-electron chi connectivity index (χ3n) is 5.54. The summed E-state index contributed by atoms with van der Waals surface area (Å²) in [5.74, 6) is -2.63. The molecule has 0 saturated heterocycles. The minimum atomic E-state index is -0.837. The first kappa shape index (κ1) is 23.8. The Hall–Kier alpha value is -3.86. The molecule has 0 bridgehead atoms. The Morgan fingerprint density at radius 1 is 1.33 bits per heavy atom. The number of carbonyl (C=O) groups is 2. The van der Waals surface area contributed by atoms with Gasteiger partial charge in [-0.2, -0.15) is 5.26 Å². The molecule has 0 aliphatic carbocycles. The number of anilines is 1. The number of amides is 2. The van der Waals surface area contributed by atoms with Crippen LogP contribution in [0.25, 0.3) is 0 Å². The second-order valence-corrected chi connectivity index (χ2v) is 8.39. The van der Waals surface area contributed by atoms with Crippen LogP contribution in [-0.4, -0.2) is 48.8 Å². The minimum absolute atomic E-state index is 0.0815. The standard InChI is InChI=1S/C25H26FN5O2/c1-15(2)14-31-23(17(12-28)13-29-3)22(20-6-4-5-7-21(20)25(31)33)24(32)30-19-9-16(11-27)8-18(26)10-19/h4-10,12-13,15,17,22-23,28H,14H2,1-3H3,(H,30,32)/t17?,22-,23+/m0/s1. The number of aliphatic imine (C=N–C) groups is 1. The van der Waals surface area contributed by atoms with Crippen molar-refractivity contribution in [1.29, 1.82) is 10.7 Å². The predicted molar refractivity (Wildman–Crippen MR) is 125 cm³/mol. The van der Waals surface area contributed by atoms with E-state index in [2.05, 4.69) is 10.3 Å². The van der Waals surface area contributed by atoms with Crippen LogP contribution < -0.4 is 5.32 Å². The normalized spacial score (nSPS) is 18.7. The van der Waals surface area contributed by atoms with Gasteiger partial charge in [-0.3, -0.25) is 9.59 Å². The summed E-state index contributed by atoms with van der Waals surface area (Å²) in [6.07, 6.45) is 2.74. The minimum Gasteiger partial charge on any atom is -0.333 e. The first-order chi connectivity index (χ1) is 15.8. The van der Waals surface area contributed by atoms with E-state index >= 15 is 0 Å². The van der Waals surface area contributed by atoms with Crippen LogP contribution in [0.4, 0.5) is 10.1 Å². The number of halogens is 1. The number of carbonyl (C=O) groups excluding carboxylic acids is 2.